The highest BCUT2D eigenvalue weighted by molar-refractivity contribution is 6.05. The van der Waals surface area contributed by atoms with Gasteiger partial charge in [-0.25, -0.2) is 14.5 Å². The van der Waals surface area contributed by atoms with E-state index < -0.39 is 6.67 Å². The minimum Gasteiger partial charge on any atom is -0.481 e. The van der Waals surface area contributed by atoms with Gasteiger partial charge in [-0.2, -0.15) is 4.98 Å². The van der Waals surface area contributed by atoms with Crippen molar-refractivity contribution < 1.29 is 13.9 Å². The molecule has 196 valence electrons. The summed E-state index contributed by atoms with van der Waals surface area (Å²) in [5, 5.41) is 2.98. The van der Waals surface area contributed by atoms with Crippen LogP contribution in [0.4, 0.5) is 4.39 Å². The quantitative estimate of drug-likeness (QED) is 0.411. The monoisotopic (exact) mass is 516 g/mol. The molecule has 1 amide bonds. The number of carbonyl (C=O) groups is 1. The lowest BCUT2D eigenvalue weighted by Crippen LogP contribution is -2.50. The summed E-state index contributed by atoms with van der Waals surface area (Å²) in [5.74, 6) is 0.537. The van der Waals surface area contributed by atoms with Crippen LogP contribution in [0.25, 0.3) is 28.4 Å². The summed E-state index contributed by atoms with van der Waals surface area (Å²) < 4.78 is 19.6. The van der Waals surface area contributed by atoms with Crippen LogP contribution in [-0.2, 0) is 0 Å². The molecular weight excluding hydrogens is 487 g/mol. The van der Waals surface area contributed by atoms with E-state index in [1.165, 1.54) is 61.6 Å². The van der Waals surface area contributed by atoms with Crippen molar-refractivity contribution >= 4 is 11.6 Å². The average molecular weight is 517 g/mol. The van der Waals surface area contributed by atoms with Crippen LogP contribution in [0.1, 0.15) is 53.9 Å². The summed E-state index contributed by atoms with van der Waals surface area (Å²) in [7, 11) is 1.48. The van der Waals surface area contributed by atoms with Crippen LogP contribution in [0, 0.1) is 5.92 Å². The summed E-state index contributed by atoms with van der Waals surface area (Å²) >= 11 is 0. The van der Waals surface area contributed by atoms with Gasteiger partial charge in [-0.15, -0.1) is 0 Å². The van der Waals surface area contributed by atoms with Crippen LogP contribution >= 0.6 is 0 Å². The summed E-state index contributed by atoms with van der Waals surface area (Å²) in [4.78, 5) is 41.8. The number of nitrogens with one attached hydrogen (secondary N) is 1. The molecule has 1 saturated carbocycles. The Morgan fingerprint density at radius 1 is 1.11 bits per heavy atom. The zero-order chi connectivity index (χ0) is 26.2. The van der Waals surface area contributed by atoms with Crippen LogP contribution in [0.3, 0.4) is 0 Å². The average Bonchev–Trinajstić information content (AvgIpc) is 3.33. The standard InChI is InChI=1S/C28H29FN6O3/c1-38-22-11-12-30-26(32-22)25-24(28(37)34-15-17(14-29)16-34)27-31-21(13-23(36)35(27)33-25)20-9-7-19(8-10-20)18-5-3-2-4-6-18/h7-13,17-18,33H,2-6,14-16H2,1H3. The van der Waals surface area contributed by atoms with E-state index in [9.17, 15) is 14.0 Å². The number of methoxy groups -OCH3 is 1. The number of alkyl halides is 1. The van der Waals surface area contributed by atoms with Gasteiger partial charge >= 0.3 is 0 Å². The van der Waals surface area contributed by atoms with Gasteiger partial charge in [-0.05, 0) is 24.3 Å². The summed E-state index contributed by atoms with van der Waals surface area (Å²) in [6.45, 7) is 0.123. The van der Waals surface area contributed by atoms with Gasteiger partial charge in [0.15, 0.2) is 11.5 Å². The molecule has 0 bridgehead atoms. The maximum Gasteiger partial charge on any atom is 0.273 e. The third-order valence-corrected chi connectivity index (χ3v) is 7.64. The second-order valence-electron chi connectivity index (χ2n) is 10.1. The normalized spacial score (nSPS) is 16.5. The summed E-state index contributed by atoms with van der Waals surface area (Å²) in [5.41, 5.74) is 2.82. The Morgan fingerprint density at radius 2 is 1.87 bits per heavy atom. The lowest BCUT2D eigenvalue weighted by molar-refractivity contribution is 0.0455. The molecule has 4 aromatic rings. The molecule has 0 spiro atoms. The van der Waals surface area contributed by atoms with Crippen molar-refractivity contribution in [3.05, 3.63) is 64.1 Å². The van der Waals surface area contributed by atoms with Gasteiger partial charge in [0.25, 0.3) is 11.5 Å². The van der Waals surface area contributed by atoms with Gasteiger partial charge in [0, 0.05) is 42.9 Å². The molecule has 2 aliphatic rings. The van der Waals surface area contributed by atoms with E-state index >= 15 is 0 Å². The van der Waals surface area contributed by atoms with E-state index in [1.807, 2.05) is 12.1 Å². The summed E-state index contributed by atoms with van der Waals surface area (Å²) in [6, 6.07) is 11.3. The number of likely N-dealkylation sites (tertiary alicyclic amines) is 1. The first kappa shape index (κ1) is 24.3. The van der Waals surface area contributed by atoms with E-state index in [2.05, 4.69) is 27.2 Å². The number of nitrogens with zero attached hydrogens (tertiary/aromatic N) is 5. The number of rotatable bonds is 6. The van der Waals surface area contributed by atoms with Crippen molar-refractivity contribution in [2.45, 2.75) is 38.0 Å². The fourth-order valence-corrected chi connectivity index (χ4v) is 5.48. The smallest absolute Gasteiger partial charge is 0.273 e. The first-order chi connectivity index (χ1) is 18.6. The molecule has 1 aliphatic heterocycles. The van der Waals surface area contributed by atoms with E-state index in [1.54, 1.807) is 11.0 Å². The maximum absolute atomic E-state index is 13.6. The van der Waals surface area contributed by atoms with Crippen molar-refractivity contribution in [3.63, 3.8) is 0 Å². The zero-order valence-electron chi connectivity index (χ0n) is 21.2. The minimum atomic E-state index is -0.484. The third-order valence-electron chi connectivity index (χ3n) is 7.64. The van der Waals surface area contributed by atoms with Crippen LogP contribution < -0.4 is 10.3 Å². The fourth-order valence-electron chi connectivity index (χ4n) is 5.48. The predicted octanol–water partition coefficient (Wildman–Crippen LogP) is 4.24. The van der Waals surface area contributed by atoms with Crippen LogP contribution in [-0.4, -0.2) is 62.2 Å². The number of carbonyl (C=O) groups excluding carboxylic acids is 1. The van der Waals surface area contributed by atoms with Gasteiger partial charge < -0.3 is 9.64 Å². The lowest BCUT2D eigenvalue weighted by Gasteiger charge is -2.37. The predicted molar refractivity (Wildman–Crippen MR) is 140 cm³/mol. The van der Waals surface area contributed by atoms with E-state index in [4.69, 9.17) is 9.72 Å². The molecule has 10 heteroatoms. The number of aromatic amines is 1. The van der Waals surface area contributed by atoms with Crippen LogP contribution in [0.15, 0.2) is 47.4 Å². The van der Waals surface area contributed by atoms with Crippen LogP contribution in [0.2, 0.25) is 0 Å². The largest absolute Gasteiger partial charge is 0.481 e. The molecule has 1 saturated heterocycles. The van der Waals surface area contributed by atoms with Gasteiger partial charge in [0.2, 0.25) is 5.88 Å². The van der Waals surface area contributed by atoms with Gasteiger partial charge in [0.05, 0.1) is 19.5 Å². The molecule has 1 aliphatic carbocycles. The Bertz CT molecular complexity index is 1530. The Morgan fingerprint density at radius 3 is 2.58 bits per heavy atom. The number of hydrogen-bond donors (Lipinski definition) is 1. The van der Waals surface area contributed by atoms with Crippen LogP contribution in [0.5, 0.6) is 5.88 Å². The number of ether oxygens (including phenoxy) is 1. The molecule has 0 atom stereocenters. The lowest BCUT2D eigenvalue weighted by atomic mass is 9.84. The van der Waals surface area contributed by atoms with Crippen molar-refractivity contribution in [2.75, 3.05) is 26.9 Å². The minimum absolute atomic E-state index is 0.174. The number of amides is 1. The number of benzene rings is 1. The molecule has 0 radical (unpaired) electrons. The molecule has 2 fully saturated rings. The van der Waals surface area contributed by atoms with Crippen molar-refractivity contribution in [3.8, 4) is 28.7 Å². The van der Waals surface area contributed by atoms with Gasteiger partial charge in [-0.1, -0.05) is 43.5 Å². The first-order valence-corrected chi connectivity index (χ1v) is 13.0. The highest BCUT2D eigenvalue weighted by Gasteiger charge is 2.35. The number of halogens is 1. The third kappa shape index (κ3) is 4.33. The molecule has 0 unspecified atom stereocenters. The van der Waals surface area contributed by atoms with Crippen molar-refractivity contribution in [2.24, 2.45) is 5.92 Å². The van der Waals surface area contributed by atoms with Gasteiger partial charge in [0.1, 0.15) is 11.3 Å². The van der Waals surface area contributed by atoms with Crippen molar-refractivity contribution in [1.82, 2.24) is 29.5 Å². The molecule has 3 aromatic heterocycles. The summed E-state index contributed by atoms with van der Waals surface area (Å²) in [6.07, 6.45) is 7.74. The number of aromatic nitrogens is 5. The topological polar surface area (TPSA) is 105 Å². The molecule has 38 heavy (non-hydrogen) atoms. The second-order valence-corrected chi connectivity index (χ2v) is 10.1. The number of fused-ring (bicyclic) bond motifs is 1. The highest BCUT2D eigenvalue weighted by atomic mass is 19.1. The maximum atomic E-state index is 13.6. The van der Waals surface area contributed by atoms with E-state index in [0.717, 1.165) is 5.56 Å². The zero-order valence-corrected chi connectivity index (χ0v) is 21.2. The highest BCUT2D eigenvalue weighted by Crippen LogP contribution is 2.34. The number of hydrogen-bond acceptors (Lipinski definition) is 6. The number of H-pyrrole nitrogens is 1. The fraction of sp³-hybridized carbons (Fsp3) is 0.393. The second kappa shape index (κ2) is 10.00. The van der Waals surface area contributed by atoms with E-state index in [-0.39, 0.29) is 40.1 Å². The molecule has 1 N–H and O–H groups in total. The SMILES string of the molecule is COc1ccnc(-c2[nH]n3c(=O)cc(-c4ccc(C5CCCCC5)cc4)nc3c2C(=O)N2CC(CF)C2)n1. The van der Waals surface area contributed by atoms with Crippen molar-refractivity contribution in [1.29, 1.82) is 0 Å². The molecule has 9 nitrogen and oxygen atoms in total. The first-order valence-electron chi connectivity index (χ1n) is 13.0. The molecule has 6 rings (SSSR count). The van der Waals surface area contributed by atoms with E-state index in [0.29, 0.717) is 30.6 Å². The molecule has 1 aromatic carbocycles. The Hall–Kier alpha value is -4.08. The molecular formula is C28H29FN6O3. The Kier molecular flexibility index (Phi) is 6.39. The van der Waals surface area contributed by atoms with Gasteiger partial charge in [-0.3, -0.25) is 19.1 Å². The molecule has 4 heterocycles. The Balaban J connectivity index is 1.45. The Labute approximate surface area is 218 Å².